The van der Waals surface area contributed by atoms with Crippen LogP contribution in [-0.2, 0) is 0 Å². The monoisotopic (exact) mass is 196 g/mol. The van der Waals surface area contributed by atoms with Gasteiger partial charge >= 0.3 is 0 Å². The van der Waals surface area contributed by atoms with Crippen molar-refractivity contribution in [2.45, 2.75) is 13.8 Å². The summed E-state index contributed by atoms with van der Waals surface area (Å²) >= 11 is 0. The van der Waals surface area contributed by atoms with E-state index in [0.717, 1.165) is 28.4 Å². The lowest BCUT2D eigenvalue weighted by atomic mass is 10.1. The molecule has 1 rings (SSSR count). The molecule has 0 spiro atoms. The summed E-state index contributed by atoms with van der Waals surface area (Å²) in [5.41, 5.74) is 1.96. The van der Waals surface area contributed by atoms with Gasteiger partial charge in [-0.25, -0.2) is 0 Å². The van der Waals surface area contributed by atoms with Crippen molar-refractivity contribution in [2.24, 2.45) is 0 Å². The van der Waals surface area contributed by atoms with E-state index in [9.17, 15) is 0 Å². The lowest BCUT2D eigenvalue weighted by Gasteiger charge is -2.15. The van der Waals surface area contributed by atoms with Gasteiger partial charge in [0.15, 0.2) is 11.5 Å². The van der Waals surface area contributed by atoms with Gasteiger partial charge in [0.25, 0.3) is 0 Å². The van der Waals surface area contributed by atoms with E-state index in [0.29, 0.717) is 0 Å². The Bertz CT molecular complexity index is 332. The van der Waals surface area contributed by atoms with E-state index in [-0.39, 0.29) is 0 Å². The zero-order valence-corrected chi connectivity index (χ0v) is 9.30. The van der Waals surface area contributed by atoms with Crippen LogP contribution in [0.15, 0.2) is 6.07 Å². The molecule has 3 nitrogen and oxygen atoms in total. The second-order valence-corrected chi connectivity index (χ2v) is 3.09. The fraction of sp³-hybridized carbons (Fsp3) is 0.455. The van der Waals surface area contributed by atoms with Crippen LogP contribution < -0.4 is 14.2 Å². The molecular weight excluding hydrogens is 180 g/mol. The van der Waals surface area contributed by atoms with Gasteiger partial charge < -0.3 is 14.2 Å². The van der Waals surface area contributed by atoms with Crippen molar-refractivity contribution in [1.29, 1.82) is 0 Å². The Morgan fingerprint density at radius 3 is 1.86 bits per heavy atom. The zero-order chi connectivity index (χ0) is 10.7. The van der Waals surface area contributed by atoms with Crippen LogP contribution >= 0.6 is 0 Å². The van der Waals surface area contributed by atoms with E-state index < -0.39 is 0 Å². The molecule has 0 saturated heterocycles. The fourth-order valence-corrected chi connectivity index (χ4v) is 1.54. The number of methoxy groups -OCH3 is 3. The number of rotatable bonds is 3. The first-order valence-electron chi connectivity index (χ1n) is 4.41. The van der Waals surface area contributed by atoms with Gasteiger partial charge in [-0.2, -0.15) is 0 Å². The summed E-state index contributed by atoms with van der Waals surface area (Å²) in [4.78, 5) is 0. The average molecular weight is 196 g/mol. The highest BCUT2D eigenvalue weighted by molar-refractivity contribution is 5.57. The van der Waals surface area contributed by atoms with Crippen LogP contribution in [0.5, 0.6) is 17.2 Å². The SMILES string of the molecule is COc1cc(C)c(OC)c(OC)c1C. The molecule has 1 aromatic carbocycles. The van der Waals surface area contributed by atoms with Crippen molar-refractivity contribution in [3.63, 3.8) is 0 Å². The summed E-state index contributed by atoms with van der Waals surface area (Å²) in [7, 11) is 4.91. The average Bonchev–Trinajstić information content (AvgIpc) is 2.20. The Balaban J connectivity index is 3.40. The summed E-state index contributed by atoms with van der Waals surface area (Å²) in [5.74, 6) is 2.33. The van der Waals surface area contributed by atoms with Gasteiger partial charge in [0.1, 0.15) is 5.75 Å². The third kappa shape index (κ3) is 1.62. The topological polar surface area (TPSA) is 27.7 Å². The smallest absolute Gasteiger partial charge is 0.167 e. The number of benzene rings is 1. The Morgan fingerprint density at radius 1 is 0.857 bits per heavy atom. The summed E-state index contributed by atoms with van der Waals surface area (Å²) in [6, 6.07) is 1.94. The number of hydrogen-bond acceptors (Lipinski definition) is 3. The first-order valence-corrected chi connectivity index (χ1v) is 4.41. The molecular formula is C11H16O3. The molecule has 0 heterocycles. The second kappa shape index (κ2) is 4.22. The molecule has 0 aliphatic carbocycles. The standard InChI is InChI=1S/C11H16O3/c1-7-6-9(12-3)8(2)11(14-5)10(7)13-4/h6H,1-5H3. The maximum absolute atomic E-state index is 5.29. The molecule has 0 atom stereocenters. The number of aryl methyl sites for hydroxylation is 1. The Labute approximate surface area is 84.6 Å². The molecule has 1 aromatic rings. The normalized spacial score (nSPS) is 9.79. The Morgan fingerprint density at radius 2 is 1.43 bits per heavy atom. The van der Waals surface area contributed by atoms with Gasteiger partial charge in [-0.3, -0.25) is 0 Å². The Hall–Kier alpha value is -1.38. The van der Waals surface area contributed by atoms with Gasteiger partial charge in [-0.15, -0.1) is 0 Å². The molecule has 0 fully saturated rings. The van der Waals surface area contributed by atoms with Crippen molar-refractivity contribution in [3.05, 3.63) is 17.2 Å². The minimum atomic E-state index is 0.740. The molecule has 0 bridgehead atoms. The molecule has 0 radical (unpaired) electrons. The van der Waals surface area contributed by atoms with Gasteiger partial charge in [0, 0.05) is 5.56 Å². The minimum Gasteiger partial charge on any atom is -0.496 e. The molecule has 3 heteroatoms. The van der Waals surface area contributed by atoms with E-state index in [2.05, 4.69) is 0 Å². The maximum atomic E-state index is 5.29. The second-order valence-electron chi connectivity index (χ2n) is 3.09. The summed E-state index contributed by atoms with van der Waals surface area (Å²) in [5, 5.41) is 0. The highest BCUT2D eigenvalue weighted by Gasteiger charge is 2.14. The van der Waals surface area contributed by atoms with Crippen LogP contribution in [0.3, 0.4) is 0 Å². The first-order chi connectivity index (χ1) is 6.65. The zero-order valence-electron chi connectivity index (χ0n) is 9.30. The van der Waals surface area contributed by atoms with Gasteiger partial charge in [-0.1, -0.05) is 0 Å². The van der Waals surface area contributed by atoms with Crippen molar-refractivity contribution in [3.8, 4) is 17.2 Å². The van der Waals surface area contributed by atoms with Crippen molar-refractivity contribution < 1.29 is 14.2 Å². The third-order valence-corrected chi connectivity index (χ3v) is 2.25. The lowest BCUT2D eigenvalue weighted by molar-refractivity contribution is 0.343. The van der Waals surface area contributed by atoms with Crippen molar-refractivity contribution in [2.75, 3.05) is 21.3 Å². The quantitative estimate of drug-likeness (QED) is 0.742. The van der Waals surface area contributed by atoms with E-state index >= 15 is 0 Å². The lowest BCUT2D eigenvalue weighted by Crippen LogP contribution is -1.98. The molecule has 0 unspecified atom stereocenters. The van der Waals surface area contributed by atoms with Crippen molar-refractivity contribution >= 4 is 0 Å². The molecule has 0 saturated carbocycles. The van der Waals surface area contributed by atoms with E-state index in [4.69, 9.17) is 14.2 Å². The van der Waals surface area contributed by atoms with E-state index in [1.54, 1.807) is 21.3 Å². The summed E-state index contributed by atoms with van der Waals surface area (Å²) in [6.45, 7) is 3.91. The largest absolute Gasteiger partial charge is 0.496 e. The highest BCUT2D eigenvalue weighted by atomic mass is 16.5. The summed E-state index contributed by atoms with van der Waals surface area (Å²) < 4.78 is 15.8. The number of ether oxygens (including phenoxy) is 3. The predicted molar refractivity (Wildman–Crippen MR) is 55.6 cm³/mol. The highest BCUT2D eigenvalue weighted by Crippen LogP contribution is 2.39. The molecule has 78 valence electrons. The van der Waals surface area contributed by atoms with Crippen LogP contribution in [0.1, 0.15) is 11.1 Å². The van der Waals surface area contributed by atoms with Crippen LogP contribution in [0.25, 0.3) is 0 Å². The van der Waals surface area contributed by atoms with E-state index in [1.165, 1.54) is 0 Å². The van der Waals surface area contributed by atoms with Crippen LogP contribution in [-0.4, -0.2) is 21.3 Å². The molecule has 0 N–H and O–H groups in total. The molecule has 0 aliphatic heterocycles. The Kier molecular flexibility index (Phi) is 3.23. The van der Waals surface area contributed by atoms with Gasteiger partial charge in [0.05, 0.1) is 21.3 Å². The summed E-state index contributed by atoms with van der Waals surface area (Å²) in [6.07, 6.45) is 0. The minimum absolute atomic E-state index is 0.740. The molecule has 0 amide bonds. The molecule has 0 aromatic heterocycles. The van der Waals surface area contributed by atoms with E-state index in [1.807, 2.05) is 19.9 Å². The first kappa shape index (κ1) is 10.7. The third-order valence-electron chi connectivity index (χ3n) is 2.25. The maximum Gasteiger partial charge on any atom is 0.167 e. The molecule has 0 aliphatic rings. The molecule has 14 heavy (non-hydrogen) atoms. The van der Waals surface area contributed by atoms with Crippen LogP contribution in [0.4, 0.5) is 0 Å². The predicted octanol–water partition coefficient (Wildman–Crippen LogP) is 2.33. The van der Waals surface area contributed by atoms with Crippen LogP contribution in [0.2, 0.25) is 0 Å². The van der Waals surface area contributed by atoms with Crippen LogP contribution in [0, 0.1) is 13.8 Å². The van der Waals surface area contributed by atoms with Gasteiger partial charge in [-0.05, 0) is 25.5 Å². The van der Waals surface area contributed by atoms with Crippen molar-refractivity contribution in [1.82, 2.24) is 0 Å². The fourth-order valence-electron chi connectivity index (χ4n) is 1.54. The number of hydrogen-bond donors (Lipinski definition) is 0. The van der Waals surface area contributed by atoms with Gasteiger partial charge in [0.2, 0.25) is 0 Å².